The molecule has 0 fully saturated rings. The van der Waals surface area contributed by atoms with E-state index in [1.165, 1.54) is 16.9 Å². The molecule has 2 N–H and O–H groups in total. The van der Waals surface area contributed by atoms with E-state index in [-0.39, 0.29) is 18.2 Å². The lowest BCUT2D eigenvalue weighted by Gasteiger charge is -2.10. The number of hydrogen-bond donors (Lipinski definition) is 1. The van der Waals surface area contributed by atoms with Crippen LogP contribution < -0.4 is 17.7 Å². The fraction of sp³-hybridized carbons (Fsp3) is 0.312. The maximum Gasteiger partial charge on any atom is 0.178 e. The number of nitrogens with two attached hydrogens (primary N) is 1. The summed E-state index contributed by atoms with van der Waals surface area (Å²) in [5.74, 6) is 0.262. The molecule has 2 rings (SSSR count). The normalized spacial score (nSPS) is 11.7. The third-order valence-corrected chi connectivity index (χ3v) is 4.05. The predicted molar refractivity (Wildman–Crippen MR) is 79.7 cm³/mol. The highest BCUT2D eigenvalue weighted by atomic mass is 35.5. The van der Waals surface area contributed by atoms with Crippen LogP contribution in [0.3, 0.4) is 0 Å². The monoisotopic (exact) mass is 309 g/mol. The van der Waals surface area contributed by atoms with Crippen LogP contribution >= 0.6 is 11.3 Å². The van der Waals surface area contributed by atoms with Gasteiger partial charge in [0.2, 0.25) is 0 Å². The van der Waals surface area contributed by atoms with Crippen LogP contribution in [-0.2, 0) is 6.42 Å². The van der Waals surface area contributed by atoms with Crippen molar-refractivity contribution < 1.29 is 22.5 Å². The molecule has 2 nitrogen and oxygen atoms in total. The van der Waals surface area contributed by atoms with Crippen LogP contribution in [0.1, 0.15) is 28.6 Å². The first-order chi connectivity index (χ1) is 9.25. The molecule has 0 aliphatic carbocycles. The minimum absolute atomic E-state index is 0. The van der Waals surface area contributed by atoms with Crippen molar-refractivity contribution in [1.82, 2.24) is 0 Å². The molecule has 4 heteroatoms. The van der Waals surface area contributed by atoms with Crippen molar-refractivity contribution in [2.75, 3.05) is 6.54 Å². The van der Waals surface area contributed by atoms with Crippen LogP contribution in [0.4, 0.5) is 0 Å². The van der Waals surface area contributed by atoms with Crippen LogP contribution in [0.2, 0.25) is 0 Å². The Morgan fingerprint density at radius 1 is 1.20 bits per heavy atom. The van der Waals surface area contributed by atoms with Gasteiger partial charge in [0.25, 0.3) is 0 Å². The number of benzene rings is 1. The van der Waals surface area contributed by atoms with E-state index in [0.717, 1.165) is 17.8 Å². The van der Waals surface area contributed by atoms with Crippen molar-refractivity contribution in [1.29, 1.82) is 0 Å². The SMILES string of the molecule is CC(Cc1ccccc1)[NH2+]CCC(=O)c1cccs1.[Cl-]. The maximum atomic E-state index is 11.8. The molecule has 0 aliphatic rings. The smallest absolute Gasteiger partial charge is 0.178 e. The third kappa shape index (κ3) is 5.45. The highest BCUT2D eigenvalue weighted by Crippen LogP contribution is 2.10. The molecule has 108 valence electrons. The summed E-state index contributed by atoms with van der Waals surface area (Å²) in [6.45, 7) is 3.08. The quantitative estimate of drug-likeness (QED) is 0.689. The molecule has 0 saturated carbocycles. The van der Waals surface area contributed by atoms with Crippen LogP contribution in [0.25, 0.3) is 0 Å². The van der Waals surface area contributed by atoms with Gasteiger partial charge in [-0.05, 0) is 23.9 Å². The van der Waals surface area contributed by atoms with Crippen molar-refractivity contribution in [3.05, 3.63) is 58.3 Å². The predicted octanol–water partition coefficient (Wildman–Crippen LogP) is -0.480. The molecule has 0 spiro atoms. The van der Waals surface area contributed by atoms with Gasteiger partial charge in [0, 0.05) is 6.42 Å². The fourth-order valence-electron chi connectivity index (χ4n) is 2.13. The van der Waals surface area contributed by atoms with E-state index in [2.05, 4.69) is 36.5 Å². The lowest BCUT2D eigenvalue weighted by molar-refractivity contribution is -0.684. The highest BCUT2D eigenvalue weighted by Gasteiger charge is 2.10. The van der Waals surface area contributed by atoms with Crippen LogP contribution in [-0.4, -0.2) is 18.4 Å². The van der Waals surface area contributed by atoms with E-state index in [1.54, 1.807) is 0 Å². The molecular weight excluding hydrogens is 290 g/mol. The molecule has 1 aromatic carbocycles. The Bertz CT molecular complexity index is 498. The van der Waals surface area contributed by atoms with E-state index >= 15 is 0 Å². The molecule has 20 heavy (non-hydrogen) atoms. The first-order valence-corrected chi connectivity index (χ1v) is 7.57. The first-order valence-electron chi connectivity index (χ1n) is 6.69. The highest BCUT2D eigenvalue weighted by molar-refractivity contribution is 7.12. The summed E-state index contributed by atoms with van der Waals surface area (Å²) in [5, 5.41) is 4.22. The molecular formula is C16H20ClNOS. The number of carbonyl (C=O) groups is 1. The summed E-state index contributed by atoms with van der Waals surface area (Å²) in [4.78, 5) is 12.7. The summed E-state index contributed by atoms with van der Waals surface area (Å²) in [6, 6.07) is 14.8. The molecule has 1 aromatic heterocycles. The lowest BCUT2D eigenvalue weighted by Crippen LogP contribution is -3.00. The molecule has 1 heterocycles. The summed E-state index contributed by atoms with van der Waals surface area (Å²) < 4.78 is 0. The maximum absolute atomic E-state index is 11.8. The van der Waals surface area contributed by atoms with Gasteiger partial charge >= 0.3 is 0 Å². The molecule has 2 aromatic rings. The summed E-state index contributed by atoms with van der Waals surface area (Å²) in [6.07, 6.45) is 1.67. The number of hydrogen-bond acceptors (Lipinski definition) is 2. The van der Waals surface area contributed by atoms with Gasteiger partial charge in [-0.3, -0.25) is 4.79 Å². The van der Waals surface area contributed by atoms with E-state index in [4.69, 9.17) is 0 Å². The third-order valence-electron chi connectivity index (χ3n) is 3.14. The molecule has 1 atom stereocenters. The van der Waals surface area contributed by atoms with Crippen molar-refractivity contribution in [2.24, 2.45) is 0 Å². The number of carbonyl (C=O) groups excluding carboxylic acids is 1. The van der Waals surface area contributed by atoms with Crippen molar-refractivity contribution in [3.63, 3.8) is 0 Å². The topological polar surface area (TPSA) is 33.7 Å². The van der Waals surface area contributed by atoms with Crippen molar-refractivity contribution >= 4 is 17.1 Å². The van der Waals surface area contributed by atoms with Gasteiger partial charge in [0.1, 0.15) is 0 Å². The zero-order valence-electron chi connectivity index (χ0n) is 11.6. The standard InChI is InChI=1S/C16H19NOS.ClH/c1-13(12-14-6-3-2-4-7-14)17-10-9-15(18)16-8-5-11-19-16;/h2-8,11,13,17H,9-10,12H2,1H3;1H. The van der Waals surface area contributed by atoms with E-state index < -0.39 is 0 Å². The fourth-order valence-corrected chi connectivity index (χ4v) is 2.82. The Morgan fingerprint density at radius 2 is 1.95 bits per heavy atom. The number of quaternary nitrogens is 1. The second-order valence-corrected chi connectivity index (χ2v) is 5.79. The van der Waals surface area contributed by atoms with Crippen LogP contribution in [0.15, 0.2) is 47.8 Å². The van der Waals surface area contributed by atoms with Gasteiger partial charge in [-0.25, -0.2) is 0 Å². The average Bonchev–Trinajstić information content (AvgIpc) is 2.93. The second kappa shape index (κ2) is 8.90. The number of rotatable bonds is 7. The van der Waals surface area contributed by atoms with Gasteiger partial charge in [-0.1, -0.05) is 36.4 Å². The Labute approximate surface area is 130 Å². The zero-order valence-corrected chi connectivity index (χ0v) is 13.2. The summed E-state index contributed by atoms with van der Waals surface area (Å²) in [5.41, 5.74) is 1.36. The minimum Gasteiger partial charge on any atom is -1.00 e. The Hall–Kier alpha value is -1.16. The summed E-state index contributed by atoms with van der Waals surface area (Å²) in [7, 11) is 0. The van der Waals surface area contributed by atoms with E-state index in [1.807, 2.05) is 23.6 Å². The Balaban J connectivity index is 0.00000200. The van der Waals surface area contributed by atoms with Gasteiger partial charge in [-0.15, -0.1) is 11.3 Å². The largest absolute Gasteiger partial charge is 1.00 e. The molecule has 0 aliphatic heterocycles. The van der Waals surface area contributed by atoms with E-state index in [0.29, 0.717) is 12.5 Å². The Kier molecular flexibility index (Phi) is 7.52. The van der Waals surface area contributed by atoms with E-state index in [9.17, 15) is 4.79 Å². The number of halogens is 1. The van der Waals surface area contributed by atoms with Gasteiger partial charge in [-0.2, -0.15) is 0 Å². The molecule has 1 unspecified atom stereocenters. The van der Waals surface area contributed by atoms with Crippen LogP contribution in [0, 0.1) is 0 Å². The number of thiophene rings is 1. The lowest BCUT2D eigenvalue weighted by atomic mass is 10.1. The van der Waals surface area contributed by atoms with Crippen LogP contribution in [0.5, 0.6) is 0 Å². The number of Topliss-reactive ketones (excluding diaryl/α,β-unsaturated/α-hetero) is 1. The van der Waals surface area contributed by atoms with Gasteiger partial charge < -0.3 is 17.7 Å². The van der Waals surface area contributed by atoms with Crippen molar-refractivity contribution in [2.45, 2.75) is 25.8 Å². The number of ketones is 1. The Morgan fingerprint density at radius 3 is 2.60 bits per heavy atom. The van der Waals surface area contributed by atoms with Gasteiger partial charge in [0.15, 0.2) is 5.78 Å². The molecule has 0 radical (unpaired) electrons. The molecule has 0 saturated heterocycles. The second-order valence-electron chi connectivity index (χ2n) is 4.84. The summed E-state index contributed by atoms with van der Waals surface area (Å²) >= 11 is 1.53. The minimum atomic E-state index is 0. The zero-order chi connectivity index (χ0) is 13.5. The molecule has 0 amide bonds. The average molecular weight is 310 g/mol. The van der Waals surface area contributed by atoms with Crippen molar-refractivity contribution in [3.8, 4) is 0 Å². The first kappa shape index (κ1) is 16.9. The molecule has 0 bridgehead atoms. The van der Waals surface area contributed by atoms with Gasteiger partial charge in [0.05, 0.1) is 23.9 Å².